The molecule has 1 heterocycles. The van der Waals surface area contributed by atoms with Crippen LogP contribution in [-0.2, 0) is 3.79 Å². The van der Waals surface area contributed by atoms with Crippen molar-refractivity contribution in [3.63, 3.8) is 0 Å². The number of aryl methyl sites for hydroxylation is 1. The molecule has 0 aliphatic carbocycles. The minimum atomic E-state index is -1.57. The zero-order valence-corrected chi connectivity index (χ0v) is 10.3. The maximum atomic E-state index is 5.70. The van der Waals surface area contributed by atoms with Crippen LogP contribution in [0.25, 0.3) is 0 Å². The van der Waals surface area contributed by atoms with Crippen molar-refractivity contribution in [2.75, 3.05) is 6.61 Å². The second kappa shape index (κ2) is 5.01. The van der Waals surface area contributed by atoms with E-state index in [0.717, 1.165) is 0 Å². The van der Waals surface area contributed by atoms with E-state index in [2.05, 4.69) is 16.5 Å². The number of rotatable bonds is 3. The van der Waals surface area contributed by atoms with Crippen LogP contribution in [0.15, 0.2) is 18.7 Å². The minimum Gasteiger partial charge on any atom is -0.459 e. The van der Waals surface area contributed by atoms with Crippen molar-refractivity contribution in [2.24, 2.45) is 0 Å². The first-order valence-corrected chi connectivity index (χ1v) is 5.23. The van der Waals surface area contributed by atoms with Crippen LogP contribution in [0.5, 0.6) is 6.01 Å². The number of nitrogens with zero attached hydrogens (tertiary/aromatic N) is 2. The maximum Gasteiger partial charge on any atom is 0.317 e. The highest BCUT2D eigenvalue weighted by Gasteiger charge is 2.26. The lowest BCUT2D eigenvalue weighted by molar-refractivity contribution is 0.331. The van der Waals surface area contributed by atoms with Crippen LogP contribution in [0.3, 0.4) is 0 Å². The Balaban J connectivity index is 3.00. The van der Waals surface area contributed by atoms with Crippen molar-refractivity contribution in [1.29, 1.82) is 0 Å². The fourth-order valence-corrected chi connectivity index (χ4v) is 1.17. The summed E-state index contributed by atoms with van der Waals surface area (Å²) >= 11 is 17.1. The standard InChI is InChI=1S/C9H9Cl3N2O/c1-3-4-15-8-13-6(2)5-7(14-8)9(10,11)12/h3,5H,1,4H2,2H3. The number of hydrogen-bond donors (Lipinski definition) is 0. The lowest BCUT2D eigenvalue weighted by Gasteiger charge is -2.11. The minimum absolute atomic E-state index is 0.177. The monoisotopic (exact) mass is 266 g/mol. The number of halogens is 3. The van der Waals surface area contributed by atoms with E-state index in [-0.39, 0.29) is 6.01 Å². The summed E-state index contributed by atoms with van der Waals surface area (Å²) in [5.41, 5.74) is 0.962. The molecule has 0 unspecified atom stereocenters. The van der Waals surface area contributed by atoms with Crippen molar-refractivity contribution in [1.82, 2.24) is 9.97 Å². The van der Waals surface area contributed by atoms with Crippen molar-refractivity contribution in [3.05, 3.63) is 30.1 Å². The van der Waals surface area contributed by atoms with E-state index in [1.54, 1.807) is 19.1 Å². The lowest BCUT2D eigenvalue weighted by atomic mass is 10.3. The fraction of sp³-hybridized carbons (Fsp3) is 0.333. The number of alkyl halides is 3. The quantitative estimate of drug-likeness (QED) is 0.623. The second-order valence-corrected chi connectivity index (χ2v) is 5.06. The molecule has 1 aromatic heterocycles. The zero-order valence-electron chi connectivity index (χ0n) is 8.01. The summed E-state index contributed by atoms with van der Waals surface area (Å²) in [4.78, 5) is 7.99. The van der Waals surface area contributed by atoms with Gasteiger partial charge in [0.15, 0.2) is 0 Å². The van der Waals surface area contributed by atoms with Crippen molar-refractivity contribution < 1.29 is 4.74 Å². The van der Waals surface area contributed by atoms with E-state index in [4.69, 9.17) is 39.5 Å². The van der Waals surface area contributed by atoms with Crippen LogP contribution >= 0.6 is 34.8 Å². The van der Waals surface area contributed by atoms with Gasteiger partial charge in [-0.3, -0.25) is 0 Å². The van der Waals surface area contributed by atoms with Gasteiger partial charge in [0.05, 0.1) is 5.69 Å². The highest BCUT2D eigenvalue weighted by Crippen LogP contribution is 2.37. The molecule has 0 fully saturated rings. The summed E-state index contributed by atoms with van der Waals surface area (Å²) in [6.45, 7) is 5.59. The molecule has 0 saturated carbocycles. The fourth-order valence-electron chi connectivity index (χ4n) is 0.885. The third kappa shape index (κ3) is 3.86. The van der Waals surface area contributed by atoms with E-state index in [0.29, 0.717) is 18.0 Å². The van der Waals surface area contributed by atoms with Gasteiger partial charge >= 0.3 is 6.01 Å². The highest BCUT2D eigenvalue weighted by atomic mass is 35.6. The summed E-state index contributed by atoms with van der Waals surface area (Å²) in [6.07, 6.45) is 1.58. The van der Waals surface area contributed by atoms with Crippen molar-refractivity contribution in [3.8, 4) is 6.01 Å². The molecule has 82 valence electrons. The summed E-state index contributed by atoms with van der Waals surface area (Å²) in [5.74, 6) is 0. The first kappa shape index (κ1) is 12.6. The van der Waals surface area contributed by atoms with Gasteiger partial charge < -0.3 is 4.74 Å². The third-order valence-electron chi connectivity index (χ3n) is 1.45. The average Bonchev–Trinajstić information content (AvgIpc) is 2.12. The predicted molar refractivity (Wildman–Crippen MR) is 61.7 cm³/mol. The maximum absolute atomic E-state index is 5.70. The highest BCUT2D eigenvalue weighted by molar-refractivity contribution is 6.66. The van der Waals surface area contributed by atoms with E-state index < -0.39 is 3.79 Å². The topological polar surface area (TPSA) is 35.0 Å². The number of aromatic nitrogens is 2. The van der Waals surface area contributed by atoms with E-state index in [1.165, 1.54) is 0 Å². The van der Waals surface area contributed by atoms with Crippen LogP contribution in [0, 0.1) is 6.92 Å². The van der Waals surface area contributed by atoms with Gasteiger partial charge in [-0.1, -0.05) is 47.5 Å². The van der Waals surface area contributed by atoms with Gasteiger partial charge in [0.1, 0.15) is 6.61 Å². The zero-order chi connectivity index (χ0) is 11.5. The molecule has 0 saturated heterocycles. The molecule has 3 nitrogen and oxygen atoms in total. The Morgan fingerprint density at radius 1 is 1.47 bits per heavy atom. The third-order valence-corrected chi connectivity index (χ3v) is 2.04. The molecule has 0 aromatic carbocycles. The molecule has 0 amide bonds. The first-order valence-electron chi connectivity index (χ1n) is 4.10. The van der Waals surface area contributed by atoms with E-state index in [1.807, 2.05) is 0 Å². The van der Waals surface area contributed by atoms with Gasteiger partial charge in [0, 0.05) is 5.69 Å². The summed E-state index contributed by atoms with van der Waals surface area (Å²) in [7, 11) is 0. The molecule has 0 aliphatic heterocycles. The molecule has 0 aliphatic rings. The Labute approximate surface area is 103 Å². The van der Waals surface area contributed by atoms with Gasteiger partial charge in [-0.05, 0) is 13.0 Å². The molecule has 0 N–H and O–H groups in total. The Morgan fingerprint density at radius 3 is 2.67 bits per heavy atom. The van der Waals surface area contributed by atoms with Crippen LogP contribution < -0.4 is 4.74 Å². The van der Waals surface area contributed by atoms with Gasteiger partial charge in [0.25, 0.3) is 0 Å². The lowest BCUT2D eigenvalue weighted by Crippen LogP contribution is -2.08. The van der Waals surface area contributed by atoms with Crippen molar-refractivity contribution in [2.45, 2.75) is 10.7 Å². The molecule has 1 rings (SSSR count). The smallest absolute Gasteiger partial charge is 0.317 e. The average molecular weight is 268 g/mol. The Bertz CT molecular complexity index is 363. The van der Waals surface area contributed by atoms with Gasteiger partial charge in [-0.15, -0.1) is 0 Å². The molecule has 15 heavy (non-hydrogen) atoms. The van der Waals surface area contributed by atoms with Crippen LogP contribution in [0.4, 0.5) is 0 Å². The molecular formula is C9H9Cl3N2O. The van der Waals surface area contributed by atoms with Gasteiger partial charge in [-0.25, -0.2) is 4.98 Å². The Kier molecular flexibility index (Phi) is 4.20. The first-order chi connectivity index (χ1) is 6.93. The second-order valence-electron chi connectivity index (χ2n) is 2.77. The normalized spacial score (nSPS) is 11.2. The molecule has 0 spiro atoms. The number of hydrogen-bond acceptors (Lipinski definition) is 3. The number of ether oxygens (including phenoxy) is 1. The van der Waals surface area contributed by atoms with Crippen LogP contribution in [-0.4, -0.2) is 16.6 Å². The largest absolute Gasteiger partial charge is 0.459 e. The molecule has 0 atom stereocenters. The van der Waals surface area contributed by atoms with Gasteiger partial charge in [-0.2, -0.15) is 4.98 Å². The molecular weight excluding hydrogens is 258 g/mol. The molecule has 6 heteroatoms. The summed E-state index contributed by atoms with van der Waals surface area (Å²) in [6, 6.07) is 1.77. The predicted octanol–water partition coefficient (Wildman–Crippen LogP) is 3.18. The summed E-state index contributed by atoms with van der Waals surface area (Å²) < 4.78 is 3.59. The van der Waals surface area contributed by atoms with E-state index >= 15 is 0 Å². The van der Waals surface area contributed by atoms with E-state index in [9.17, 15) is 0 Å². The van der Waals surface area contributed by atoms with Crippen molar-refractivity contribution >= 4 is 34.8 Å². The van der Waals surface area contributed by atoms with Crippen LogP contribution in [0.2, 0.25) is 0 Å². The molecule has 1 aromatic rings. The SMILES string of the molecule is C=CCOc1nc(C)cc(C(Cl)(Cl)Cl)n1. The van der Waals surface area contributed by atoms with Gasteiger partial charge in [0.2, 0.25) is 3.79 Å². The Morgan fingerprint density at radius 2 is 2.13 bits per heavy atom. The molecule has 0 radical (unpaired) electrons. The van der Waals surface area contributed by atoms with Crippen LogP contribution in [0.1, 0.15) is 11.4 Å². The summed E-state index contributed by atoms with van der Waals surface area (Å²) in [5, 5.41) is 0. The Hall–Kier alpha value is -0.510. The molecule has 0 bridgehead atoms.